The predicted octanol–water partition coefficient (Wildman–Crippen LogP) is 2.91. The van der Waals surface area contributed by atoms with Crippen LogP contribution in [0.3, 0.4) is 0 Å². The van der Waals surface area contributed by atoms with E-state index in [9.17, 15) is 14.4 Å². The molecule has 1 atom stereocenters. The molecule has 2 amide bonds. The molecule has 0 bridgehead atoms. The van der Waals surface area contributed by atoms with Gasteiger partial charge in [-0.25, -0.2) is 4.79 Å². The van der Waals surface area contributed by atoms with E-state index >= 15 is 0 Å². The Bertz CT molecular complexity index is 916. The topological polar surface area (TPSA) is 114 Å². The van der Waals surface area contributed by atoms with Crippen LogP contribution in [0.15, 0.2) is 48.5 Å². The van der Waals surface area contributed by atoms with Crippen molar-refractivity contribution in [1.29, 1.82) is 0 Å². The standard InChI is InChI=1S/C24H28N2O6/c1-2-31-13-7-12-25-23(29)21(14-22(27)28)26-24(30)32-15-20-18-10-5-3-8-16(18)17-9-4-6-11-19(17)20/h3-6,8-11,20-21H,2,7,12-15H2,1H3,(H,25,29)(H,26,30)(H,27,28). The van der Waals surface area contributed by atoms with Crippen LogP contribution in [0.25, 0.3) is 11.1 Å². The van der Waals surface area contributed by atoms with Crippen molar-refractivity contribution in [1.82, 2.24) is 10.6 Å². The highest BCUT2D eigenvalue weighted by atomic mass is 16.5. The Balaban J connectivity index is 1.58. The summed E-state index contributed by atoms with van der Waals surface area (Å²) in [6.45, 7) is 3.34. The maximum absolute atomic E-state index is 12.4. The number of alkyl carbamates (subject to hydrolysis) is 1. The molecule has 0 heterocycles. The second kappa shape index (κ2) is 11.3. The molecule has 0 fully saturated rings. The number of aliphatic carboxylic acids is 1. The molecule has 32 heavy (non-hydrogen) atoms. The lowest BCUT2D eigenvalue weighted by molar-refractivity contribution is -0.139. The molecule has 0 aliphatic heterocycles. The number of amides is 2. The summed E-state index contributed by atoms with van der Waals surface area (Å²) in [4.78, 5) is 35.9. The van der Waals surface area contributed by atoms with Gasteiger partial charge < -0.3 is 25.2 Å². The van der Waals surface area contributed by atoms with E-state index in [0.29, 0.717) is 26.2 Å². The van der Waals surface area contributed by atoms with Gasteiger partial charge in [0.05, 0.1) is 6.42 Å². The fourth-order valence-electron chi connectivity index (χ4n) is 3.82. The summed E-state index contributed by atoms with van der Waals surface area (Å²) in [7, 11) is 0. The Kier molecular flexibility index (Phi) is 8.21. The third kappa shape index (κ3) is 5.85. The van der Waals surface area contributed by atoms with Crippen molar-refractivity contribution in [3.8, 4) is 11.1 Å². The second-order valence-electron chi connectivity index (χ2n) is 7.46. The van der Waals surface area contributed by atoms with E-state index < -0.39 is 30.4 Å². The quantitative estimate of drug-likeness (QED) is 0.463. The number of ether oxygens (including phenoxy) is 2. The molecule has 1 aliphatic rings. The molecule has 2 aromatic rings. The van der Waals surface area contributed by atoms with Crippen molar-refractivity contribution in [2.24, 2.45) is 0 Å². The maximum atomic E-state index is 12.4. The van der Waals surface area contributed by atoms with Crippen molar-refractivity contribution in [2.75, 3.05) is 26.4 Å². The SMILES string of the molecule is CCOCCCNC(=O)C(CC(=O)O)NC(=O)OCC1c2ccccc2-c2ccccc21. The number of carboxylic acid groups (broad SMARTS) is 1. The Labute approximate surface area is 186 Å². The second-order valence-corrected chi connectivity index (χ2v) is 7.46. The lowest BCUT2D eigenvalue weighted by Gasteiger charge is -2.18. The molecule has 1 unspecified atom stereocenters. The molecule has 0 saturated heterocycles. The molecule has 0 aromatic heterocycles. The van der Waals surface area contributed by atoms with Gasteiger partial charge in [-0.3, -0.25) is 9.59 Å². The lowest BCUT2D eigenvalue weighted by atomic mass is 9.98. The van der Waals surface area contributed by atoms with Crippen LogP contribution in [-0.4, -0.2) is 55.5 Å². The summed E-state index contributed by atoms with van der Waals surface area (Å²) in [5.74, 6) is -1.89. The minimum Gasteiger partial charge on any atom is -0.481 e. The van der Waals surface area contributed by atoms with E-state index in [-0.39, 0.29) is 12.5 Å². The molecule has 0 spiro atoms. The minimum atomic E-state index is -1.23. The van der Waals surface area contributed by atoms with Gasteiger partial charge in [0, 0.05) is 25.7 Å². The number of hydrogen-bond donors (Lipinski definition) is 3. The zero-order chi connectivity index (χ0) is 22.9. The zero-order valence-corrected chi connectivity index (χ0v) is 18.0. The number of rotatable bonds is 11. The molecule has 170 valence electrons. The Morgan fingerprint density at radius 2 is 1.66 bits per heavy atom. The van der Waals surface area contributed by atoms with E-state index in [1.165, 1.54) is 0 Å². The van der Waals surface area contributed by atoms with Crippen LogP contribution in [0.5, 0.6) is 0 Å². The first-order valence-corrected chi connectivity index (χ1v) is 10.7. The third-order valence-electron chi connectivity index (χ3n) is 5.30. The van der Waals surface area contributed by atoms with Crippen LogP contribution in [-0.2, 0) is 19.1 Å². The molecule has 8 heteroatoms. The number of nitrogens with one attached hydrogen (secondary N) is 2. The van der Waals surface area contributed by atoms with E-state index in [1.807, 2.05) is 55.5 Å². The van der Waals surface area contributed by atoms with E-state index in [0.717, 1.165) is 22.3 Å². The zero-order valence-electron chi connectivity index (χ0n) is 18.0. The summed E-state index contributed by atoms with van der Waals surface area (Å²) in [5, 5.41) is 14.1. The minimum absolute atomic E-state index is 0.0790. The van der Waals surface area contributed by atoms with Crippen LogP contribution in [0.4, 0.5) is 4.79 Å². The lowest BCUT2D eigenvalue weighted by Crippen LogP contribution is -2.48. The number of fused-ring (bicyclic) bond motifs is 3. The first-order chi connectivity index (χ1) is 15.5. The molecule has 3 N–H and O–H groups in total. The van der Waals surface area contributed by atoms with Gasteiger partial charge in [-0.15, -0.1) is 0 Å². The van der Waals surface area contributed by atoms with Crippen molar-refractivity contribution < 1.29 is 29.0 Å². The highest BCUT2D eigenvalue weighted by Crippen LogP contribution is 2.44. The van der Waals surface area contributed by atoms with E-state index in [4.69, 9.17) is 14.6 Å². The normalized spacial score (nSPS) is 13.0. The van der Waals surface area contributed by atoms with Crippen molar-refractivity contribution in [3.05, 3.63) is 59.7 Å². The Hall–Kier alpha value is -3.39. The smallest absolute Gasteiger partial charge is 0.407 e. The van der Waals surface area contributed by atoms with Crippen molar-refractivity contribution in [2.45, 2.75) is 31.7 Å². The van der Waals surface area contributed by atoms with Gasteiger partial charge in [0.2, 0.25) is 5.91 Å². The summed E-state index contributed by atoms with van der Waals surface area (Å²) in [5.41, 5.74) is 4.34. The molecule has 1 aliphatic carbocycles. The number of carbonyl (C=O) groups excluding carboxylic acids is 2. The molecule has 0 radical (unpaired) electrons. The molecular weight excluding hydrogens is 412 g/mol. The first kappa shape index (κ1) is 23.3. The van der Waals surface area contributed by atoms with Gasteiger partial charge in [-0.2, -0.15) is 0 Å². The molecule has 8 nitrogen and oxygen atoms in total. The van der Waals surface area contributed by atoms with Gasteiger partial charge in [-0.1, -0.05) is 48.5 Å². The summed E-state index contributed by atoms with van der Waals surface area (Å²) < 4.78 is 10.6. The predicted molar refractivity (Wildman–Crippen MR) is 118 cm³/mol. The van der Waals surface area contributed by atoms with Crippen LogP contribution < -0.4 is 10.6 Å². The fourth-order valence-corrected chi connectivity index (χ4v) is 3.82. The summed E-state index contributed by atoms with van der Waals surface area (Å²) >= 11 is 0. The highest BCUT2D eigenvalue weighted by molar-refractivity contribution is 5.89. The largest absolute Gasteiger partial charge is 0.481 e. The molecule has 0 saturated carbocycles. The van der Waals surface area contributed by atoms with Crippen molar-refractivity contribution in [3.63, 3.8) is 0 Å². The van der Waals surface area contributed by atoms with Crippen LogP contribution in [0.2, 0.25) is 0 Å². The van der Waals surface area contributed by atoms with E-state index in [1.54, 1.807) is 0 Å². The number of carbonyl (C=O) groups is 3. The van der Waals surface area contributed by atoms with Gasteiger partial charge in [0.15, 0.2) is 0 Å². The van der Waals surface area contributed by atoms with Gasteiger partial charge in [0.1, 0.15) is 12.6 Å². The van der Waals surface area contributed by atoms with Gasteiger partial charge in [0.25, 0.3) is 0 Å². The van der Waals surface area contributed by atoms with Gasteiger partial charge >= 0.3 is 12.1 Å². The van der Waals surface area contributed by atoms with Gasteiger partial charge in [-0.05, 0) is 35.6 Å². The van der Waals surface area contributed by atoms with Crippen molar-refractivity contribution >= 4 is 18.0 Å². The Morgan fingerprint density at radius 1 is 1.03 bits per heavy atom. The third-order valence-corrected chi connectivity index (χ3v) is 5.30. The van der Waals surface area contributed by atoms with Crippen LogP contribution >= 0.6 is 0 Å². The average Bonchev–Trinajstić information content (AvgIpc) is 3.10. The number of carboxylic acids is 1. The maximum Gasteiger partial charge on any atom is 0.407 e. The summed E-state index contributed by atoms with van der Waals surface area (Å²) in [6.07, 6.45) is -0.784. The fraction of sp³-hybridized carbons (Fsp3) is 0.375. The molecular formula is C24H28N2O6. The monoisotopic (exact) mass is 440 g/mol. The summed E-state index contributed by atoms with van der Waals surface area (Å²) in [6, 6.07) is 14.7. The number of hydrogen-bond acceptors (Lipinski definition) is 5. The van der Waals surface area contributed by atoms with Crippen LogP contribution in [0, 0.1) is 0 Å². The molecule has 2 aromatic carbocycles. The van der Waals surface area contributed by atoms with E-state index in [2.05, 4.69) is 10.6 Å². The highest BCUT2D eigenvalue weighted by Gasteiger charge is 2.30. The van der Waals surface area contributed by atoms with Crippen LogP contribution in [0.1, 0.15) is 36.8 Å². The Morgan fingerprint density at radius 3 is 2.25 bits per heavy atom. The first-order valence-electron chi connectivity index (χ1n) is 10.7. The average molecular weight is 440 g/mol. The number of benzene rings is 2. The molecule has 3 rings (SSSR count).